The lowest BCUT2D eigenvalue weighted by Gasteiger charge is -2.31. The first-order valence-electron chi connectivity index (χ1n) is 5.10. The first kappa shape index (κ1) is 11.7. The summed E-state index contributed by atoms with van der Waals surface area (Å²) in [7, 11) is 0. The molecule has 1 heteroatoms. The van der Waals surface area contributed by atoms with Crippen LogP contribution in [0.1, 0.15) is 47.0 Å². The Labute approximate surface area is 77.2 Å². The zero-order valence-electron chi connectivity index (χ0n) is 8.98. The number of nitrogens with one attached hydrogen (secondary N) is 1. The highest BCUT2D eigenvalue weighted by Gasteiger charge is 2.21. The summed E-state index contributed by atoms with van der Waals surface area (Å²) in [5.74, 6) is 0. The van der Waals surface area contributed by atoms with Crippen LogP contribution < -0.4 is 5.32 Å². The van der Waals surface area contributed by atoms with Gasteiger partial charge in [0.25, 0.3) is 0 Å². The van der Waals surface area contributed by atoms with E-state index in [0.717, 1.165) is 6.54 Å². The molecule has 0 unspecified atom stereocenters. The van der Waals surface area contributed by atoms with Crippen molar-refractivity contribution in [2.75, 3.05) is 6.54 Å². The van der Waals surface area contributed by atoms with Crippen LogP contribution in [0.3, 0.4) is 0 Å². The molecule has 0 fully saturated rings. The van der Waals surface area contributed by atoms with Gasteiger partial charge in [0.05, 0.1) is 0 Å². The molecular weight excluding hydrogens is 146 g/mol. The first-order valence-corrected chi connectivity index (χ1v) is 5.10. The predicted octanol–water partition coefficient (Wildman–Crippen LogP) is 3.12. The van der Waals surface area contributed by atoms with Crippen molar-refractivity contribution in [3.05, 3.63) is 12.2 Å². The van der Waals surface area contributed by atoms with Crippen molar-refractivity contribution < 1.29 is 0 Å². The van der Waals surface area contributed by atoms with Crippen molar-refractivity contribution in [2.45, 2.75) is 52.5 Å². The standard InChI is InChI=1S/C11H23N/c1-5-9-10-12-11(6-2,7-3)8-4/h5,9,12H,6-8,10H2,1-4H3/b9-5+. The van der Waals surface area contributed by atoms with Crippen LogP contribution >= 0.6 is 0 Å². The van der Waals surface area contributed by atoms with Crippen LogP contribution in [0.15, 0.2) is 12.2 Å². The molecule has 0 atom stereocenters. The molecule has 0 bridgehead atoms. The van der Waals surface area contributed by atoms with Crippen LogP contribution in [0.25, 0.3) is 0 Å². The minimum absolute atomic E-state index is 0.375. The second kappa shape index (κ2) is 6.24. The topological polar surface area (TPSA) is 12.0 Å². The molecule has 0 aliphatic carbocycles. The molecule has 0 rings (SSSR count). The van der Waals surface area contributed by atoms with E-state index >= 15 is 0 Å². The van der Waals surface area contributed by atoms with Crippen LogP contribution in [0, 0.1) is 0 Å². The van der Waals surface area contributed by atoms with Gasteiger partial charge in [-0.2, -0.15) is 0 Å². The molecule has 0 heterocycles. The van der Waals surface area contributed by atoms with Gasteiger partial charge in [-0.3, -0.25) is 0 Å². The number of rotatable bonds is 6. The quantitative estimate of drug-likeness (QED) is 0.602. The number of hydrogen-bond acceptors (Lipinski definition) is 1. The molecule has 0 aromatic rings. The molecule has 0 saturated heterocycles. The van der Waals surface area contributed by atoms with E-state index in [-0.39, 0.29) is 0 Å². The van der Waals surface area contributed by atoms with E-state index in [9.17, 15) is 0 Å². The highest BCUT2D eigenvalue weighted by Crippen LogP contribution is 2.18. The molecule has 0 aliphatic heterocycles. The van der Waals surface area contributed by atoms with Gasteiger partial charge in [0.15, 0.2) is 0 Å². The van der Waals surface area contributed by atoms with E-state index in [0.29, 0.717) is 5.54 Å². The highest BCUT2D eigenvalue weighted by atomic mass is 15.0. The minimum atomic E-state index is 0.375. The molecule has 1 nitrogen and oxygen atoms in total. The fraction of sp³-hybridized carbons (Fsp3) is 0.818. The van der Waals surface area contributed by atoms with Crippen molar-refractivity contribution in [2.24, 2.45) is 0 Å². The molecule has 0 amide bonds. The lowest BCUT2D eigenvalue weighted by Crippen LogP contribution is -2.43. The number of allylic oxidation sites excluding steroid dienone is 1. The summed E-state index contributed by atoms with van der Waals surface area (Å²) in [6.07, 6.45) is 7.93. The molecule has 0 aromatic carbocycles. The van der Waals surface area contributed by atoms with Gasteiger partial charge in [0.1, 0.15) is 0 Å². The molecular formula is C11H23N. The monoisotopic (exact) mass is 169 g/mol. The third-order valence-electron chi connectivity index (χ3n) is 2.86. The van der Waals surface area contributed by atoms with Crippen LogP contribution in [0.4, 0.5) is 0 Å². The molecule has 12 heavy (non-hydrogen) atoms. The molecule has 0 aromatic heterocycles. The smallest absolute Gasteiger partial charge is 0.0176 e. The van der Waals surface area contributed by atoms with Gasteiger partial charge < -0.3 is 5.32 Å². The lowest BCUT2D eigenvalue weighted by atomic mass is 9.90. The zero-order valence-corrected chi connectivity index (χ0v) is 8.98. The maximum atomic E-state index is 3.60. The zero-order chi connectivity index (χ0) is 9.45. The Morgan fingerprint density at radius 3 is 1.92 bits per heavy atom. The van der Waals surface area contributed by atoms with Crippen molar-refractivity contribution >= 4 is 0 Å². The van der Waals surface area contributed by atoms with Crippen molar-refractivity contribution in [3.63, 3.8) is 0 Å². The van der Waals surface area contributed by atoms with E-state index < -0.39 is 0 Å². The second-order valence-electron chi connectivity index (χ2n) is 3.29. The summed E-state index contributed by atoms with van der Waals surface area (Å²) in [5, 5.41) is 3.60. The SMILES string of the molecule is C/C=C/CNC(CC)(CC)CC. The van der Waals surface area contributed by atoms with E-state index in [1.165, 1.54) is 19.3 Å². The van der Waals surface area contributed by atoms with Gasteiger partial charge >= 0.3 is 0 Å². The average molecular weight is 169 g/mol. The number of hydrogen-bond donors (Lipinski definition) is 1. The first-order chi connectivity index (χ1) is 5.74. The van der Waals surface area contributed by atoms with Crippen LogP contribution in [0.5, 0.6) is 0 Å². The highest BCUT2D eigenvalue weighted by molar-refractivity contribution is 4.89. The third kappa shape index (κ3) is 3.40. The normalized spacial score (nSPS) is 12.7. The fourth-order valence-electron chi connectivity index (χ4n) is 1.52. The van der Waals surface area contributed by atoms with Crippen molar-refractivity contribution in [3.8, 4) is 0 Å². The minimum Gasteiger partial charge on any atom is -0.308 e. The Morgan fingerprint density at radius 1 is 1.08 bits per heavy atom. The fourth-order valence-corrected chi connectivity index (χ4v) is 1.52. The van der Waals surface area contributed by atoms with Crippen molar-refractivity contribution in [1.29, 1.82) is 0 Å². The van der Waals surface area contributed by atoms with Gasteiger partial charge in [-0.25, -0.2) is 0 Å². The Kier molecular flexibility index (Phi) is 6.09. The van der Waals surface area contributed by atoms with Gasteiger partial charge in [-0.15, -0.1) is 0 Å². The average Bonchev–Trinajstić information content (AvgIpc) is 2.14. The van der Waals surface area contributed by atoms with E-state index in [2.05, 4.69) is 45.2 Å². The van der Waals surface area contributed by atoms with Gasteiger partial charge in [-0.05, 0) is 26.2 Å². The van der Waals surface area contributed by atoms with Gasteiger partial charge in [0.2, 0.25) is 0 Å². The summed E-state index contributed by atoms with van der Waals surface area (Å²) < 4.78 is 0. The van der Waals surface area contributed by atoms with Crippen LogP contribution in [0.2, 0.25) is 0 Å². The van der Waals surface area contributed by atoms with Gasteiger partial charge in [0, 0.05) is 12.1 Å². The molecule has 0 spiro atoms. The Bertz CT molecular complexity index is 115. The Balaban J connectivity index is 3.92. The third-order valence-corrected chi connectivity index (χ3v) is 2.86. The maximum absolute atomic E-state index is 3.60. The van der Waals surface area contributed by atoms with Gasteiger partial charge in [-0.1, -0.05) is 32.9 Å². The molecule has 0 saturated carbocycles. The summed E-state index contributed by atoms with van der Waals surface area (Å²) in [4.78, 5) is 0. The van der Waals surface area contributed by atoms with E-state index in [4.69, 9.17) is 0 Å². The lowest BCUT2D eigenvalue weighted by molar-refractivity contribution is 0.302. The summed E-state index contributed by atoms with van der Waals surface area (Å²) in [6.45, 7) is 9.85. The van der Waals surface area contributed by atoms with E-state index in [1.807, 2.05) is 0 Å². The van der Waals surface area contributed by atoms with E-state index in [1.54, 1.807) is 0 Å². The largest absolute Gasteiger partial charge is 0.308 e. The van der Waals surface area contributed by atoms with Crippen LogP contribution in [-0.4, -0.2) is 12.1 Å². The molecule has 0 aliphatic rings. The second-order valence-corrected chi connectivity index (χ2v) is 3.29. The maximum Gasteiger partial charge on any atom is 0.0176 e. The summed E-state index contributed by atoms with van der Waals surface area (Å²) >= 11 is 0. The predicted molar refractivity (Wildman–Crippen MR) is 56.4 cm³/mol. The molecule has 72 valence electrons. The summed E-state index contributed by atoms with van der Waals surface area (Å²) in [6, 6.07) is 0. The molecule has 0 radical (unpaired) electrons. The molecule has 1 N–H and O–H groups in total. The van der Waals surface area contributed by atoms with Crippen LogP contribution in [-0.2, 0) is 0 Å². The Hall–Kier alpha value is -0.300. The Morgan fingerprint density at radius 2 is 1.58 bits per heavy atom. The summed E-state index contributed by atoms with van der Waals surface area (Å²) in [5.41, 5.74) is 0.375. The van der Waals surface area contributed by atoms with Crippen molar-refractivity contribution in [1.82, 2.24) is 5.32 Å².